The number of nitriles is 1. The van der Waals surface area contributed by atoms with E-state index in [1.807, 2.05) is 23.6 Å². The number of rotatable bonds is 4. The highest BCUT2D eigenvalue weighted by Crippen LogP contribution is 2.21. The quantitative estimate of drug-likeness (QED) is 0.920. The molecule has 1 heterocycles. The Morgan fingerprint density at radius 2 is 2.32 bits per heavy atom. The molecule has 1 aromatic heterocycles. The van der Waals surface area contributed by atoms with Crippen LogP contribution in [0.15, 0.2) is 18.2 Å². The van der Waals surface area contributed by atoms with Crippen LogP contribution in [-0.2, 0) is 17.3 Å². The molecule has 1 aromatic carbocycles. The Hall–Kier alpha value is -1.87. The van der Waals surface area contributed by atoms with E-state index in [2.05, 4.69) is 11.1 Å². The van der Waals surface area contributed by atoms with Crippen LogP contribution in [0, 0.1) is 11.3 Å². The van der Waals surface area contributed by atoms with E-state index < -0.39 is 10.8 Å². The zero-order chi connectivity index (χ0) is 14.0. The molecule has 0 radical (unpaired) electrons. The number of benzene rings is 1. The van der Waals surface area contributed by atoms with Gasteiger partial charge in [-0.1, -0.05) is 13.0 Å². The maximum Gasteiger partial charge on any atom is 0.201 e. The van der Waals surface area contributed by atoms with Crippen LogP contribution in [0.4, 0.5) is 5.95 Å². The first kappa shape index (κ1) is 13.6. The van der Waals surface area contributed by atoms with Crippen molar-refractivity contribution in [2.75, 3.05) is 12.0 Å². The molecule has 19 heavy (non-hydrogen) atoms. The summed E-state index contributed by atoms with van der Waals surface area (Å²) < 4.78 is 13.2. The highest BCUT2D eigenvalue weighted by molar-refractivity contribution is 7.84. The molecule has 0 bridgehead atoms. The minimum atomic E-state index is -0.845. The Balaban J connectivity index is 2.36. The average molecular weight is 276 g/mol. The molecule has 0 aliphatic carbocycles. The number of nitrogens with zero attached hydrogens (tertiary/aromatic N) is 3. The van der Waals surface area contributed by atoms with Gasteiger partial charge in [-0.05, 0) is 18.6 Å². The van der Waals surface area contributed by atoms with Gasteiger partial charge >= 0.3 is 0 Å². The van der Waals surface area contributed by atoms with E-state index in [-0.39, 0.29) is 5.25 Å². The van der Waals surface area contributed by atoms with Gasteiger partial charge in [-0.2, -0.15) is 5.26 Å². The van der Waals surface area contributed by atoms with Crippen molar-refractivity contribution < 1.29 is 4.21 Å². The molecule has 2 unspecified atom stereocenters. The first-order valence-electron chi connectivity index (χ1n) is 6.01. The number of nitrogen functional groups attached to an aromatic ring is 1. The van der Waals surface area contributed by atoms with Crippen LogP contribution in [0.1, 0.15) is 18.9 Å². The van der Waals surface area contributed by atoms with Crippen LogP contribution in [0.3, 0.4) is 0 Å². The fourth-order valence-corrected chi connectivity index (χ4v) is 2.40. The van der Waals surface area contributed by atoms with Crippen LogP contribution >= 0.6 is 0 Å². The third-order valence-corrected chi connectivity index (χ3v) is 4.62. The van der Waals surface area contributed by atoms with Crippen molar-refractivity contribution in [3.05, 3.63) is 23.8 Å². The Bertz CT molecular complexity index is 671. The lowest BCUT2D eigenvalue weighted by molar-refractivity contribution is 0.633. The molecule has 2 aromatic rings. The second kappa shape index (κ2) is 5.41. The smallest absolute Gasteiger partial charge is 0.201 e. The van der Waals surface area contributed by atoms with Crippen molar-refractivity contribution in [2.24, 2.45) is 0 Å². The summed E-state index contributed by atoms with van der Waals surface area (Å²) in [4.78, 5) is 4.25. The highest BCUT2D eigenvalue weighted by Gasteiger charge is 2.13. The largest absolute Gasteiger partial charge is 0.369 e. The maximum atomic E-state index is 11.4. The number of hydrogen-bond donors (Lipinski definition) is 1. The summed E-state index contributed by atoms with van der Waals surface area (Å²) in [5, 5.41) is 9.15. The minimum Gasteiger partial charge on any atom is -0.369 e. The van der Waals surface area contributed by atoms with Crippen LogP contribution in [0.25, 0.3) is 11.0 Å². The molecule has 0 amide bonds. The van der Waals surface area contributed by atoms with Gasteiger partial charge in [0.15, 0.2) is 0 Å². The van der Waals surface area contributed by atoms with Crippen molar-refractivity contribution in [3.63, 3.8) is 0 Å². The van der Waals surface area contributed by atoms with Crippen LogP contribution < -0.4 is 5.73 Å². The molecule has 100 valence electrons. The van der Waals surface area contributed by atoms with Gasteiger partial charge in [-0.25, -0.2) is 4.98 Å². The van der Waals surface area contributed by atoms with Crippen molar-refractivity contribution in [2.45, 2.75) is 25.1 Å². The van der Waals surface area contributed by atoms with Gasteiger partial charge in [0.1, 0.15) is 11.6 Å². The lowest BCUT2D eigenvalue weighted by Gasteiger charge is -2.10. The molecular formula is C13H16N4OS. The number of hydrogen-bond acceptors (Lipinski definition) is 4. The SMILES string of the molecule is CC(CCn1c(N)nc2c(C#N)cccc21)S(C)=O. The number of anilines is 1. The standard InChI is InChI=1S/C13H16N4OS/c1-9(19(2)18)6-7-17-11-5-3-4-10(8-14)12(11)16-13(17)15/h3-5,9H,6-7H2,1-2H3,(H2,15,16). The maximum absolute atomic E-state index is 11.4. The molecule has 2 atom stereocenters. The molecule has 2 rings (SSSR count). The van der Waals surface area contributed by atoms with E-state index in [0.29, 0.717) is 23.6 Å². The fraction of sp³-hybridized carbons (Fsp3) is 0.385. The van der Waals surface area contributed by atoms with Crippen molar-refractivity contribution in [1.29, 1.82) is 5.26 Å². The third kappa shape index (κ3) is 2.61. The zero-order valence-electron chi connectivity index (χ0n) is 11.0. The van der Waals surface area contributed by atoms with Crippen molar-refractivity contribution >= 4 is 27.8 Å². The van der Waals surface area contributed by atoms with Crippen molar-refractivity contribution in [1.82, 2.24) is 9.55 Å². The second-order valence-electron chi connectivity index (χ2n) is 4.50. The molecule has 0 fully saturated rings. The number of aryl methyl sites for hydroxylation is 1. The summed E-state index contributed by atoms with van der Waals surface area (Å²) in [5.41, 5.74) is 7.91. The molecule has 6 heteroatoms. The number of aromatic nitrogens is 2. The minimum absolute atomic E-state index is 0.107. The summed E-state index contributed by atoms with van der Waals surface area (Å²) in [5.74, 6) is 0.395. The Labute approximate surface area is 114 Å². The van der Waals surface area contributed by atoms with Gasteiger partial charge in [0.05, 0.1) is 11.1 Å². The Kier molecular flexibility index (Phi) is 3.86. The van der Waals surface area contributed by atoms with Crippen LogP contribution in [0.2, 0.25) is 0 Å². The first-order chi connectivity index (χ1) is 9.04. The van der Waals surface area contributed by atoms with Gasteiger partial charge < -0.3 is 10.3 Å². The van der Waals surface area contributed by atoms with Crippen LogP contribution in [-0.4, -0.2) is 25.3 Å². The van der Waals surface area contributed by atoms with Crippen LogP contribution in [0.5, 0.6) is 0 Å². The highest BCUT2D eigenvalue weighted by atomic mass is 32.2. The predicted octanol–water partition coefficient (Wildman–Crippen LogP) is 1.65. The van der Waals surface area contributed by atoms with Gasteiger partial charge in [0, 0.05) is 28.9 Å². The monoisotopic (exact) mass is 276 g/mol. The molecule has 0 saturated carbocycles. The molecule has 0 spiro atoms. The first-order valence-corrected chi connectivity index (χ1v) is 7.63. The molecular weight excluding hydrogens is 260 g/mol. The number of nitrogens with two attached hydrogens (primary N) is 1. The number of fused-ring (bicyclic) bond motifs is 1. The molecule has 5 nitrogen and oxygen atoms in total. The second-order valence-corrected chi connectivity index (χ2v) is 6.31. The Morgan fingerprint density at radius 3 is 2.95 bits per heavy atom. The van der Waals surface area contributed by atoms with Gasteiger partial charge in [0.2, 0.25) is 5.95 Å². The molecule has 0 aliphatic rings. The van der Waals surface area contributed by atoms with E-state index in [4.69, 9.17) is 11.0 Å². The molecule has 0 saturated heterocycles. The summed E-state index contributed by atoms with van der Waals surface area (Å²) in [6.07, 6.45) is 2.46. The number of para-hydroxylation sites is 1. The third-order valence-electron chi connectivity index (χ3n) is 3.25. The summed E-state index contributed by atoms with van der Waals surface area (Å²) in [6.45, 7) is 2.60. The normalized spacial score (nSPS) is 14.2. The molecule has 2 N–H and O–H groups in total. The summed E-state index contributed by atoms with van der Waals surface area (Å²) >= 11 is 0. The van der Waals surface area contributed by atoms with E-state index in [1.165, 1.54) is 0 Å². The topological polar surface area (TPSA) is 84.7 Å². The lowest BCUT2D eigenvalue weighted by atomic mass is 10.2. The van der Waals surface area contributed by atoms with Gasteiger partial charge in [0.25, 0.3) is 0 Å². The van der Waals surface area contributed by atoms with Gasteiger partial charge in [-0.3, -0.25) is 4.21 Å². The van der Waals surface area contributed by atoms with E-state index in [9.17, 15) is 4.21 Å². The summed E-state index contributed by atoms with van der Waals surface area (Å²) in [7, 11) is -0.845. The summed E-state index contributed by atoms with van der Waals surface area (Å²) in [6, 6.07) is 7.55. The molecule has 0 aliphatic heterocycles. The predicted molar refractivity (Wildman–Crippen MR) is 77.0 cm³/mol. The zero-order valence-corrected chi connectivity index (χ0v) is 11.8. The fourth-order valence-electron chi connectivity index (χ4n) is 1.97. The van der Waals surface area contributed by atoms with E-state index in [0.717, 1.165) is 11.9 Å². The average Bonchev–Trinajstić information content (AvgIpc) is 2.71. The number of imidazole rings is 1. The lowest BCUT2D eigenvalue weighted by Crippen LogP contribution is -2.13. The van der Waals surface area contributed by atoms with E-state index in [1.54, 1.807) is 12.3 Å². The van der Waals surface area contributed by atoms with Crippen molar-refractivity contribution in [3.8, 4) is 6.07 Å². The van der Waals surface area contributed by atoms with Gasteiger partial charge in [-0.15, -0.1) is 0 Å². The Morgan fingerprint density at radius 1 is 1.58 bits per heavy atom. The van der Waals surface area contributed by atoms with E-state index >= 15 is 0 Å².